The van der Waals surface area contributed by atoms with Gasteiger partial charge in [0.25, 0.3) is 0 Å². The Balaban J connectivity index is 3.14. The number of methoxy groups -OCH3 is 1. The van der Waals surface area contributed by atoms with Gasteiger partial charge in [0.2, 0.25) is 0 Å². The average molecular weight is 330 g/mol. The molecule has 0 aromatic heterocycles. The van der Waals surface area contributed by atoms with E-state index in [4.69, 9.17) is 22.1 Å². The third-order valence-corrected chi connectivity index (χ3v) is 3.77. The van der Waals surface area contributed by atoms with Crippen LogP contribution in [0.1, 0.15) is 30.6 Å². The van der Waals surface area contributed by atoms with Crippen molar-refractivity contribution in [3.8, 4) is 5.75 Å². The molecule has 122 valence electrons. The molecule has 0 aliphatic carbocycles. The van der Waals surface area contributed by atoms with E-state index in [9.17, 15) is 14.9 Å². The second kappa shape index (κ2) is 7.95. The van der Waals surface area contributed by atoms with E-state index in [1.54, 1.807) is 0 Å². The summed E-state index contributed by atoms with van der Waals surface area (Å²) in [5, 5.41) is 10.8. The summed E-state index contributed by atoms with van der Waals surface area (Å²) in [4.78, 5) is 24.7. The Morgan fingerprint density at radius 3 is 2.50 bits per heavy atom. The molecule has 1 aromatic carbocycles. The molecule has 22 heavy (non-hydrogen) atoms. The summed E-state index contributed by atoms with van der Waals surface area (Å²) in [6, 6.07) is 1.25. The number of nitrogens with two attached hydrogens (primary N) is 1. The Morgan fingerprint density at radius 1 is 1.45 bits per heavy atom. The van der Waals surface area contributed by atoms with Crippen LogP contribution in [0.3, 0.4) is 0 Å². The van der Waals surface area contributed by atoms with Crippen molar-refractivity contribution in [1.29, 1.82) is 0 Å². The fourth-order valence-corrected chi connectivity index (χ4v) is 2.47. The lowest BCUT2D eigenvalue weighted by Gasteiger charge is -2.18. The fraction of sp³-hybridized carbons (Fsp3) is 0.500. The zero-order chi connectivity index (χ0) is 16.9. The summed E-state index contributed by atoms with van der Waals surface area (Å²) in [5.41, 5.74) is 5.22. The molecule has 0 saturated heterocycles. The van der Waals surface area contributed by atoms with E-state index in [1.807, 2.05) is 13.8 Å². The number of carbonyl (C=O) groups excluding carboxylic acids is 1. The highest BCUT2D eigenvalue weighted by molar-refractivity contribution is 6.34. The second-order valence-electron chi connectivity index (χ2n) is 4.66. The number of Topliss-reactive ketones (excluding diaryl/α,β-unsaturated/α-hetero) is 1. The van der Waals surface area contributed by atoms with Gasteiger partial charge in [-0.3, -0.25) is 14.9 Å². The number of hydrogen-bond acceptors (Lipinski definition) is 6. The van der Waals surface area contributed by atoms with E-state index in [0.717, 1.165) is 13.1 Å². The number of halogens is 1. The van der Waals surface area contributed by atoms with E-state index >= 15 is 0 Å². The first-order valence-electron chi connectivity index (χ1n) is 6.93. The number of benzene rings is 1. The third kappa shape index (κ3) is 3.86. The van der Waals surface area contributed by atoms with Crippen molar-refractivity contribution in [2.45, 2.75) is 20.3 Å². The predicted molar refractivity (Wildman–Crippen MR) is 85.8 cm³/mol. The van der Waals surface area contributed by atoms with Crippen LogP contribution in [-0.2, 0) is 0 Å². The van der Waals surface area contributed by atoms with E-state index < -0.39 is 10.6 Å². The quantitative estimate of drug-likeness (QED) is 0.341. The average Bonchev–Trinajstić information content (AvgIpc) is 2.47. The number of anilines is 1. The summed E-state index contributed by atoms with van der Waals surface area (Å²) in [6.07, 6.45) is 0.256. The molecule has 2 N–H and O–H groups in total. The molecule has 0 atom stereocenters. The lowest BCUT2D eigenvalue weighted by molar-refractivity contribution is -0.383. The topological polar surface area (TPSA) is 98.7 Å². The highest BCUT2D eigenvalue weighted by Gasteiger charge is 2.27. The zero-order valence-electron chi connectivity index (χ0n) is 12.9. The van der Waals surface area contributed by atoms with Crippen LogP contribution in [-0.4, -0.2) is 42.4 Å². The van der Waals surface area contributed by atoms with Gasteiger partial charge in [0.05, 0.1) is 17.6 Å². The SMILES string of the molecule is CCN(CC)CCC(=O)c1cc(Cl)c([N+](=O)[O-])c(N)c1OC. The maximum absolute atomic E-state index is 12.4. The van der Waals surface area contributed by atoms with Crippen LogP contribution in [0.15, 0.2) is 6.07 Å². The minimum atomic E-state index is -0.690. The fourth-order valence-electron chi connectivity index (χ4n) is 2.19. The number of nitrogens with zero attached hydrogens (tertiary/aromatic N) is 2. The standard InChI is InChI=1S/C14H20ClN3O4/c1-4-17(5-2)7-6-11(19)9-8-10(15)13(18(20)21)12(16)14(9)22-3/h8H,4-7,16H2,1-3H3. The first-order valence-corrected chi connectivity index (χ1v) is 7.30. The van der Waals surface area contributed by atoms with Crippen molar-refractivity contribution in [2.75, 3.05) is 32.5 Å². The van der Waals surface area contributed by atoms with Gasteiger partial charge in [-0.05, 0) is 19.2 Å². The Bertz CT molecular complexity index is 574. The Labute approximate surface area is 134 Å². The molecule has 0 radical (unpaired) electrons. The minimum absolute atomic E-state index is 0.000599. The molecule has 0 fully saturated rings. The summed E-state index contributed by atoms with van der Waals surface area (Å²) in [6.45, 7) is 6.28. The van der Waals surface area contributed by atoms with Crippen LogP contribution in [0.4, 0.5) is 11.4 Å². The smallest absolute Gasteiger partial charge is 0.314 e. The van der Waals surface area contributed by atoms with Crippen molar-refractivity contribution in [1.82, 2.24) is 4.90 Å². The van der Waals surface area contributed by atoms with E-state index in [-0.39, 0.29) is 34.2 Å². The summed E-state index contributed by atoms with van der Waals surface area (Å²) < 4.78 is 5.08. The molecule has 0 unspecified atom stereocenters. The Kier molecular flexibility index (Phi) is 6.58. The number of ether oxygens (including phenoxy) is 1. The van der Waals surface area contributed by atoms with Gasteiger partial charge in [0.1, 0.15) is 5.02 Å². The molecule has 0 spiro atoms. The summed E-state index contributed by atoms with van der Waals surface area (Å²) in [5.74, 6) is -0.215. The molecule has 0 saturated carbocycles. The van der Waals surface area contributed by atoms with Gasteiger partial charge in [-0.25, -0.2) is 0 Å². The monoisotopic (exact) mass is 329 g/mol. The summed E-state index contributed by atoms with van der Waals surface area (Å²) >= 11 is 5.88. The number of rotatable bonds is 8. The number of ketones is 1. The molecule has 1 rings (SSSR count). The van der Waals surface area contributed by atoms with Gasteiger partial charge < -0.3 is 15.4 Å². The Morgan fingerprint density at radius 2 is 2.05 bits per heavy atom. The molecule has 0 amide bonds. The molecule has 7 nitrogen and oxygen atoms in total. The van der Waals surface area contributed by atoms with Crippen LogP contribution in [0.25, 0.3) is 0 Å². The van der Waals surface area contributed by atoms with Gasteiger partial charge in [0, 0.05) is 13.0 Å². The van der Waals surface area contributed by atoms with E-state index in [1.165, 1.54) is 13.2 Å². The van der Waals surface area contributed by atoms with Crippen molar-refractivity contribution < 1.29 is 14.5 Å². The normalized spacial score (nSPS) is 10.8. The molecule has 0 heterocycles. The molecular weight excluding hydrogens is 310 g/mol. The lowest BCUT2D eigenvalue weighted by atomic mass is 10.0. The van der Waals surface area contributed by atoms with Gasteiger partial charge in [-0.15, -0.1) is 0 Å². The molecule has 1 aromatic rings. The van der Waals surface area contributed by atoms with Crippen LogP contribution in [0, 0.1) is 10.1 Å². The maximum Gasteiger partial charge on any atom is 0.314 e. The molecule has 0 aliphatic rings. The number of nitro groups is 1. The highest BCUT2D eigenvalue weighted by atomic mass is 35.5. The third-order valence-electron chi connectivity index (χ3n) is 3.48. The molecule has 0 aliphatic heterocycles. The minimum Gasteiger partial charge on any atom is -0.494 e. The van der Waals surface area contributed by atoms with Crippen LogP contribution < -0.4 is 10.5 Å². The van der Waals surface area contributed by atoms with E-state index in [2.05, 4.69) is 4.90 Å². The predicted octanol–water partition coefficient (Wildman–Crippen LogP) is 2.75. The van der Waals surface area contributed by atoms with Gasteiger partial charge >= 0.3 is 5.69 Å². The van der Waals surface area contributed by atoms with Gasteiger partial charge in [-0.2, -0.15) is 0 Å². The largest absolute Gasteiger partial charge is 0.494 e. The first-order chi connectivity index (χ1) is 10.4. The second-order valence-corrected chi connectivity index (χ2v) is 5.07. The van der Waals surface area contributed by atoms with Gasteiger partial charge in [0.15, 0.2) is 17.2 Å². The Hall–Kier alpha value is -1.86. The number of hydrogen-bond donors (Lipinski definition) is 1. The number of nitrogen functional groups attached to an aromatic ring is 1. The molecular formula is C14H20ClN3O4. The molecule has 8 heteroatoms. The number of nitro benzene ring substituents is 1. The van der Waals surface area contributed by atoms with Crippen molar-refractivity contribution in [2.24, 2.45) is 0 Å². The van der Waals surface area contributed by atoms with E-state index in [0.29, 0.717) is 6.54 Å². The number of carbonyl (C=O) groups is 1. The zero-order valence-corrected chi connectivity index (χ0v) is 13.6. The van der Waals surface area contributed by atoms with Crippen molar-refractivity contribution in [3.63, 3.8) is 0 Å². The van der Waals surface area contributed by atoms with Crippen molar-refractivity contribution in [3.05, 3.63) is 26.8 Å². The van der Waals surface area contributed by atoms with Gasteiger partial charge in [-0.1, -0.05) is 25.4 Å². The van der Waals surface area contributed by atoms with Crippen LogP contribution in [0.2, 0.25) is 5.02 Å². The van der Waals surface area contributed by atoms with Crippen LogP contribution in [0.5, 0.6) is 5.75 Å². The lowest BCUT2D eigenvalue weighted by Crippen LogP contribution is -2.26. The van der Waals surface area contributed by atoms with Crippen molar-refractivity contribution >= 4 is 28.8 Å². The highest BCUT2D eigenvalue weighted by Crippen LogP contribution is 2.40. The first kappa shape index (κ1) is 18.2. The summed E-state index contributed by atoms with van der Waals surface area (Å²) in [7, 11) is 1.31. The maximum atomic E-state index is 12.4. The van der Waals surface area contributed by atoms with Crippen LogP contribution >= 0.6 is 11.6 Å². The molecule has 0 bridgehead atoms.